The Labute approximate surface area is 156 Å². The van der Waals surface area contributed by atoms with E-state index in [2.05, 4.69) is 10.6 Å². The molecule has 0 atom stereocenters. The standard InChI is InChI=1S/C17H15F4N3O4/c1-28-15-5-3-11(9-12(15)18)23-16(25)6-7-22-13-4-2-10(17(19,20)21)8-14(13)24(26)27/h2-5,8-9,22H,6-7H2,1H3,(H,23,25). The second-order valence-corrected chi connectivity index (χ2v) is 5.56. The van der Waals surface area contributed by atoms with Crippen molar-refractivity contribution in [2.24, 2.45) is 0 Å². The highest BCUT2D eigenvalue weighted by Crippen LogP contribution is 2.34. The molecule has 0 heterocycles. The second kappa shape index (κ2) is 8.55. The molecule has 0 unspecified atom stereocenters. The SMILES string of the molecule is COc1ccc(NC(=O)CCNc2ccc(C(F)(F)F)cc2[N+](=O)[O-])cc1F. The summed E-state index contributed by atoms with van der Waals surface area (Å²) >= 11 is 0. The molecule has 0 aliphatic heterocycles. The van der Waals surface area contributed by atoms with Crippen LogP contribution in [0.2, 0.25) is 0 Å². The number of rotatable bonds is 7. The number of hydrogen-bond acceptors (Lipinski definition) is 5. The zero-order valence-electron chi connectivity index (χ0n) is 14.5. The van der Waals surface area contributed by atoms with Crippen molar-refractivity contribution in [3.8, 4) is 5.75 Å². The van der Waals surface area contributed by atoms with E-state index in [1.54, 1.807) is 0 Å². The Hall–Kier alpha value is -3.37. The van der Waals surface area contributed by atoms with Gasteiger partial charge in [0.15, 0.2) is 11.6 Å². The van der Waals surface area contributed by atoms with Gasteiger partial charge >= 0.3 is 6.18 Å². The van der Waals surface area contributed by atoms with Crippen molar-refractivity contribution in [1.82, 2.24) is 0 Å². The van der Waals surface area contributed by atoms with E-state index in [-0.39, 0.29) is 30.1 Å². The summed E-state index contributed by atoms with van der Waals surface area (Å²) in [6, 6.07) is 5.86. The fourth-order valence-corrected chi connectivity index (χ4v) is 2.29. The topological polar surface area (TPSA) is 93.5 Å². The van der Waals surface area contributed by atoms with Gasteiger partial charge in [-0.15, -0.1) is 0 Å². The van der Waals surface area contributed by atoms with Crippen molar-refractivity contribution in [2.45, 2.75) is 12.6 Å². The van der Waals surface area contributed by atoms with Gasteiger partial charge < -0.3 is 15.4 Å². The molecule has 150 valence electrons. The maximum absolute atomic E-state index is 13.6. The predicted molar refractivity (Wildman–Crippen MR) is 92.8 cm³/mol. The van der Waals surface area contributed by atoms with Gasteiger partial charge in [-0.3, -0.25) is 14.9 Å². The quantitative estimate of drug-likeness (QED) is 0.412. The summed E-state index contributed by atoms with van der Waals surface area (Å²) in [5, 5.41) is 16.0. The molecule has 0 saturated carbocycles. The lowest BCUT2D eigenvalue weighted by molar-refractivity contribution is -0.384. The minimum absolute atomic E-state index is 0.00859. The lowest BCUT2D eigenvalue weighted by Crippen LogP contribution is -2.17. The van der Waals surface area contributed by atoms with Crippen LogP contribution in [0.25, 0.3) is 0 Å². The number of methoxy groups -OCH3 is 1. The maximum atomic E-state index is 13.6. The number of carbonyl (C=O) groups is 1. The minimum atomic E-state index is -4.71. The van der Waals surface area contributed by atoms with Crippen molar-refractivity contribution in [3.05, 3.63) is 57.9 Å². The van der Waals surface area contributed by atoms with E-state index in [9.17, 15) is 32.5 Å². The van der Waals surface area contributed by atoms with Crippen LogP contribution in [0.5, 0.6) is 5.75 Å². The highest BCUT2D eigenvalue weighted by Gasteiger charge is 2.33. The summed E-state index contributed by atoms with van der Waals surface area (Å²) in [5.74, 6) is -1.18. The molecule has 0 radical (unpaired) electrons. The number of hydrogen-bond donors (Lipinski definition) is 2. The lowest BCUT2D eigenvalue weighted by Gasteiger charge is -2.11. The Kier molecular flexibility index (Phi) is 6.39. The molecule has 28 heavy (non-hydrogen) atoms. The fraction of sp³-hybridized carbons (Fsp3) is 0.235. The van der Waals surface area contributed by atoms with Crippen molar-refractivity contribution in [1.29, 1.82) is 0 Å². The number of anilines is 2. The average Bonchev–Trinajstić information content (AvgIpc) is 2.61. The van der Waals surface area contributed by atoms with Gasteiger partial charge in [0, 0.05) is 30.8 Å². The van der Waals surface area contributed by atoms with E-state index < -0.39 is 34.1 Å². The van der Waals surface area contributed by atoms with Crippen LogP contribution in [-0.2, 0) is 11.0 Å². The molecule has 0 bridgehead atoms. The number of alkyl halides is 3. The number of nitro benzene ring substituents is 1. The highest BCUT2D eigenvalue weighted by molar-refractivity contribution is 5.91. The molecule has 0 aliphatic carbocycles. The molecule has 1 amide bonds. The molecule has 2 N–H and O–H groups in total. The zero-order valence-corrected chi connectivity index (χ0v) is 14.5. The van der Waals surface area contributed by atoms with E-state index >= 15 is 0 Å². The summed E-state index contributed by atoms with van der Waals surface area (Å²) < 4.78 is 56.4. The Morgan fingerprint density at radius 3 is 2.50 bits per heavy atom. The van der Waals surface area contributed by atoms with Gasteiger partial charge in [0.25, 0.3) is 5.69 Å². The van der Waals surface area contributed by atoms with Crippen LogP contribution in [0.1, 0.15) is 12.0 Å². The molecule has 2 aromatic carbocycles. The number of amides is 1. The summed E-state index contributed by atoms with van der Waals surface area (Å²) in [4.78, 5) is 21.9. The van der Waals surface area contributed by atoms with Gasteiger partial charge in [-0.05, 0) is 24.3 Å². The number of nitrogens with zero attached hydrogens (tertiary/aromatic N) is 1. The zero-order chi connectivity index (χ0) is 20.9. The number of halogens is 4. The van der Waals surface area contributed by atoms with Crippen LogP contribution in [0, 0.1) is 15.9 Å². The van der Waals surface area contributed by atoms with E-state index in [1.165, 1.54) is 19.2 Å². The first-order chi connectivity index (χ1) is 13.1. The van der Waals surface area contributed by atoms with Gasteiger partial charge in [0.2, 0.25) is 5.91 Å². The van der Waals surface area contributed by atoms with Crippen molar-refractivity contribution in [2.75, 3.05) is 24.3 Å². The first-order valence-corrected chi connectivity index (χ1v) is 7.84. The molecule has 0 spiro atoms. The number of ether oxygens (including phenoxy) is 1. The van der Waals surface area contributed by atoms with Crippen LogP contribution in [0.15, 0.2) is 36.4 Å². The number of benzene rings is 2. The smallest absolute Gasteiger partial charge is 0.416 e. The molecule has 0 aromatic heterocycles. The molecule has 11 heteroatoms. The van der Waals surface area contributed by atoms with Crippen molar-refractivity contribution in [3.63, 3.8) is 0 Å². The Morgan fingerprint density at radius 1 is 1.21 bits per heavy atom. The maximum Gasteiger partial charge on any atom is 0.416 e. The highest BCUT2D eigenvalue weighted by atomic mass is 19.4. The monoisotopic (exact) mass is 401 g/mol. The third-order valence-electron chi connectivity index (χ3n) is 3.62. The van der Waals surface area contributed by atoms with Gasteiger partial charge in [-0.25, -0.2) is 4.39 Å². The van der Waals surface area contributed by atoms with E-state index in [1.807, 2.05) is 0 Å². The average molecular weight is 401 g/mol. The largest absolute Gasteiger partial charge is 0.494 e. The molecular formula is C17H15F4N3O4. The summed E-state index contributed by atoms with van der Waals surface area (Å²) in [5.41, 5.74) is -1.87. The van der Waals surface area contributed by atoms with Gasteiger partial charge in [-0.1, -0.05) is 0 Å². The second-order valence-electron chi connectivity index (χ2n) is 5.56. The Morgan fingerprint density at radius 2 is 1.93 bits per heavy atom. The minimum Gasteiger partial charge on any atom is -0.494 e. The van der Waals surface area contributed by atoms with Gasteiger partial charge in [0.05, 0.1) is 17.6 Å². The first kappa shape index (κ1) is 20.9. The molecule has 0 fully saturated rings. The van der Waals surface area contributed by atoms with Crippen LogP contribution in [0.3, 0.4) is 0 Å². The summed E-state index contributed by atoms with van der Waals surface area (Å²) in [6.45, 7) is -0.0866. The molecule has 0 saturated heterocycles. The predicted octanol–water partition coefficient (Wildman–Crippen LogP) is 4.20. The Bertz CT molecular complexity index is 887. The lowest BCUT2D eigenvalue weighted by atomic mass is 10.1. The van der Waals surface area contributed by atoms with Crippen LogP contribution < -0.4 is 15.4 Å². The van der Waals surface area contributed by atoms with Crippen LogP contribution in [0.4, 0.5) is 34.6 Å². The van der Waals surface area contributed by atoms with E-state index in [0.717, 1.165) is 12.1 Å². The Balaban J connectivity index is 1.98. The van der Waals surface area contributed by atoms with E-state index in [4.69, 9.17) is 4.74 Å². The molecule has 2 rings (SSSR count). The first-order valence-electron chi connectivity index (χ1n) is 7.84. The summed E-state index contributed by atoms with van der Waals surface area (Å²) in [7, 11) is 1.29. The van der Waals surface area contributed by atoms with Gasteiger partial charge in [-0.2, -0.15) is 13.2 Å². The third kappa shape index (κ3) is 5.32. The van der Waals surface area contributed by atoms with Crippen LogP contribution in [-0.4, -0.2) is 24.5 Å². The molecule has 2 aromatic rings. The molecule has 0 aliphatic rings. The van der Waals surface area contributed by atoms with Crippen molar-refractivity contribution < 1.29 is 32.0 Å². The number of nitrogens with one attached hydrogen (secondary N) is 2. The van der Waals surface area contributed by atoms with Crippen molar-refractivity contribution >= 4 is 23.0 Å². The number of nitro groups is 1. The van der Waals surface area contributed by atoms with Gasteiger partial charge in [0.1, 0.15) is 5.69 Å². The normalized spacial score (nSPS) is 11.0. The van der Waals surface area contributed by atoms with Crippen LogP contribution >= 0.6 is 0 Å². The van der Waals surface area contributed by atoms with E-state index in [0.29, 0.717) is 12.1 Å². The summed E-state index contributed by atoms with van der Waals surface area (Å²) in [6.07, 6.45) is -4.87. The fourth-order valence-electron chi connectivity index (χ4n) is 2.29. The number of carbonyl (C=O) groups excluding carboxylic acids is 1. The molecular weight excluding hydrogens is 386 g/mol. The third-order valence-corrected chi connectivity index (χ3v) is 3.62. The molecule has 7 nitrogen and oxygen atoms in total.